The van der Waals surface area contributed by atoms with Gasteiger partial charge < -0.3 is 15.7 Å². The number of sulfone groups is 1. The van der Waals surface area contributed by atoms with E-state index in [-0.39, 0.29) is 18.2 Å². The maximum absolute atomic E-state index is 11.7. The molecule has 0 aliphatic rings. The van der Waals surface area contributed by atoms with E-state index >= 15 is 0 Å². The molecule has 22 heavy (non-hydrogen) atoms. The Morgan fingerprint density at radius 2 is 1.86 bits per heavy atom. The van der Waals surface area contributed by atoms with Gasteiger partial charge >= 0.3 is 6.03 Å². The van der Waals surface area contributed by atoms with Crippen molar-refractivity contribution < 1.29 is 18.3 Å². The lowest BCUT2D eigenvalue weighted by Gasteiger charge is -2.17. The number of aliphatic hydroxyl groups excluding tert-OH is 1. The molecule has 124 valence electrons. The SMILES string of the molecule is CC[C@H](C)[C@H](O)CNC(=O)Nc1ccc(CS(C)(=O)=O)cc1. The number of nitrogens with one attached hydrogen (secondary N) is 2. The fourth-order valence-corrected chi connectivity index (χ4v) is 2.63. The van der Waals surface area contributed by atoms with Gasteiger partial charge in [-0.25, -0.2) is 13.2 Å². The van der Waals surface area contributed by atoms with Gasteiger partial charge in [-0.1, -0.05) is 32.4 Å². The summed E-state index contributed by atoms with van der Waals surface area (Å²) in [6, 6.07) is 6.20. The van der Waals surface area contributed by atoms with Crippen LogP contribution < -0.4 is 10.6 Å². The molecule has 0 aromatic heterocycles. The van der Waals surface area contributed by atoms with E-state index in [4.69, 9.17) is 0 Å². The summed E-state index contributed by atoms with van der Waals surface area (Å²) in [4.78, 5) is 11.7. The molecule has 0 radical (unpaired) electrons. The topological polar surface area (TPSA) is 95.5 Å². The van der Waals surface area contributed by atoms with Crippen LogP contribution in [0.4, 0.5) is 10.5 Å². The molecule has 0 saturated carbocycles. The van der Waals surface area contributed by atoms with Crippen LogP contribution in [0.15, 0.2) is 24.3 Å². The lowest BCUT2D eigenvalue weighted by molar-refractivity contribution is 0.115. The molecule has 2 atom stereocenters. The predicted octanol–water partition coefficient (Wildman–Crippen LogP) is 1.76. The third-order valence-electron chi connectivity index (χ3n) is 3.41. The second-order valence-electron chi connectivity index (χ2n) is 5.55. The Morgan fingerprint density at radius 3 is 2.36 bits per heavy atom. The van der Waals surface area contributed by atoms with Crippen LogP contribution in [-0.2, 0) is 15.6 Å². The highest BCUT2D eigenvalue weighted by Gasteiger charge is 2.13. The van der Waals surface area contributed by atoms with Crippen LogP contribution in [-0.4, -0.2) is 38.5 Å². The average Bonchev–Trinajstić information content (AvgIpc) is 2.44. The second-order valence-corrected chi connectivity index (χ2v) is 7.70. The van der Waals surface area contributed by atoms with Gasteiger partial charge in [0.15, 0.2) is 9.84 Å². The minimum Gasteiger partial charge on any atom is -0.391 e. The summed E-state index contributed by atoms with van der Waals surface area (Å²) >= 11 is 0. The molecule has 0 spiro atoms. The number of hydrogen-bond acceptors (Lipinski definition) is 4. The monoisotopic (exact) mass is 328 g/mol. The van der Waals surface area contributed by atoms with Crippen LogP contribution in [0.2, 0.25) is 0 Å². The summed E-state index contributed by atoms with van der Waals surface area (Å²) in [6.07, 6.45) is 1.44. The molecule has 3 N–H and O–H groups in total. The zero-order chi connectivity index (χ0) is 16.8. The zero-order valence-electron chi connectivity index (χ0n) is 13.2. The first-order valence-corrected chi connectivity index (χ1v) is 9.27. The van der Waals surface area contributed by atoms with Gasteiger partial charge in [0.2, 0.25) is 0 Å². The Morgan fingerprint density at radius 1 is 1.27 bits per heavy atom. The highest BCUT2D eigenvalue weighted by atomic mass is 32.2. The van der Waals surface area contributed by atoms with Crippen molar-refractivity contribution in [2.75, 3.05) is 18.1 Å². The van der Waals surface area contributed by atoms with E-state index in [2.05, 4.69) is 10.6 Å². The number of aliphatic hydroxyl groups is 1. The number of anilines is 1. The first kappa shape index (κ1) is 18.4. The summed E-state index contributed by atoms with van der Waals surface area (Å²) in [5, 5.41) is 15.0. The van der Waals surface area contributed by atoms with Gasteiger partial charge in [0.1, 0.15) is 0 Å². The Kier molecular flexibility index (Phi) is 6.83. The number of carbonyl (C=O) groups is 1. The van der Waals surface area contributed by atoms with E-state index in [1.807, 2.05) is 13.8 Å². The molecular formula is C15H24N2O4S. The first-order valence-electron chi connectivity index (χ1n) is 7.21. The smallest absolute Gasteiger partial charge is 0.319 e. The van der Waals surface area contributed by atoms with Gasteiger partial charge in [-0.3, -0.25) is 0 Å². The van der Waals surface area contributed by atoms with Crippen LogP contribution >= 0.6 is 0 Å². The third kappa shape index (κ3) is 6.91. The fourth-order valence-electron chi connectivity index (χ4n) is 1.83. The minimum atomic E-state index is -3.07. The van der Waals surface area contributed by atoms with Gasteiger partial charge in [0.25, 0.3) is 0 Å². The van der Waals surface area contributed by atoms with E-state index < -0.39 is 22.0 Å². The normalized spacial score (nSPS) is 14.2. The molecule has 0 heterocycles. The van der Waals surface area contributed by atoms with Gasteiger partial charge in [0, 0.05) is 18.5 Å². The predicted molar refractivity (Wildman–Crippen MR) is 87.5 cm³/mol. The molecule has 6 nitrogen and oxygen atoms in total. The molecule has 0 aliphatic carbocycles. The maximum Gasteiger partial charge on any atom is 0.319 e. The highest BCUT2D eigenvalue weighted by Crippen LogP contribution is 2.12. The second kappa shape index (κ2) is 8.14. The van der Waals surface area contributed by atoms with Crippen LogP contribution in [0.3, 0.4) is 0 Å². The number of carbonyl (C=O) groups excluding carboxylic acids is 1. The largest absolute Gasteiger partial charge is 0.391 e. The molecule has 0 bridgehead atoms. The zero-order valence-corrected chi connectivity index (χ0v) is 14.0. The van der Waals surface area contributed by atoms with Crippen molar-refractivity contribution in [1.29, 1.82) is 0 Å². The van der Waals surface area contributed by atoms with Crippen LogP contribution in [0.5, 0.6) is 0 Å². The van der Waals surface area contributed by atoms with Crippen LogP contribution in [0, 0.1) is 5.92 Å². The maximum atomic E-state index is 11.7. The van der Waals surface area contributed by atoms with Crippen molar-refractivity contribution in [1.82, 2.24) is 5.32 Å². The minimum absolute atomic E-state index is 0.0272. The van der Waals surface area contributed by atoms with Crippen molar-refractivity contribution in [3.8, 4) is 0 Å². The molecule has 1 aromatic carbocycles. The van der Waals surface area contributed by atoms with Gasteiger partial charge in [-0.05, 0) is 23.6 Å². The summed E-state index contributed by atoms with van der Waals surface area (Å²) in [6.45, 7) is 4.09. The van der Waals surface area contributed by atoms with Gasteiger partial charge in [0.05, 0.1) is 11.9 Å². The summed E-state index contributed by atoms with van der Waals surface area (Å²) in [5.74, 6) is 0.0937. The Labute approximate surface area is 131 Å². The van der Waals surface area contributed by atoms with Gasteiger partial charge in [-0.15, -0.1) is 0 Å². The lowest BCUT2D eigenvalue weighted by Crippen LogP contribution is -2.37. The molecule has 7 heteroatoms. The van der Waals surface area contributed by atoms with E-state index in [1.54, 1.807) is 24.3 Å². The molecule has 0 aliphatic heterocycles. The fraction of sp³-hybridized carbons (Fsp3) is 0.533. The van der Waals surface area contributed by atoms with Crippen LogP contribution in [0.1, 0.15) is 25.8 Å². The Balaban J connectivity index is 2.48. The van der Waals surface area contributed by atoms with Crippen molar-refractivity contribution in [3.05, 3.63) is 29.8 Å². The molecule has 1 aromatic rings. The van der Waals surface area contributed by atoms with E-state index in [9.17, 15) is 18.3 Å². The van der Waals surface area contributed by atoms with E-state index in [1.165, 1.54) is 6.26 Å². The number of rotatable bonds is 7. The average molecular weight is 328 g/mol. The molecule has 0 unspecified atom stereocenters. The lowest BCUT2D eigenvalue weighted by atomic mass is 10.0. The standard InChI is InChI=1S/C15H24N2O4S/c1-4-11(2)14(18)9-16-15(19)17-13-7-5-12(6-8-13)10-22(3,20)21/h5-8,11,14,18H,4,9-10H2,1-3H3,(H2,16,17,19)/t11-,14+/m0/s1. The molecule has 2 amide bonds. The molecular weight excluding hydrogens is 304 g/mol. The Bertz CT molecular complexity index is 584. The Hall–Kier alpha value is -1.60. The highest BCUT2D eigenvalue weighted by molar-refractivity contribution is 7.89. The number of amides is 2. The number of hydrogen-bond donors (Lipinski definition) is 3. The number of benzene rings is 1. The molecule has 0 fully saturated rings. The number of urea groups is 1. The van der Waals surface area contributed by atoms with Crippen molar-refractivity contribution in [3.63, 3.8) is 0 Å². The van der Waals surface area contributed by atoms with Crippen molar-refractivity contribution in [2.45, 2.75) is 32.1 Å². The van der Waals surface area contributed by atoms with E-state index in [0.29, 0.717) is 11.3 Å². The quantitative estimate of drug-likeness (QED) is 0.710. The van der Waals surface area contributed by atoms with Crippen LogP contribution in [0.25, 0.3) is 0 Å². The first-order chi connectivity index (χ1) is 10.2. The summed E-state index contributed by atoms with van der Waals surface area (Å²) in [5.41, 5.74) is 1.23. The van der Waals surface area contributed by atoms with Crippen molar-refractivity contribution in [2.24, 2.45) is 5.92 Å². The summed E-state index contributed by atoms with van der Waals surface area (Å²) < 4.78 is 22.4. The third-order valence-corrected chi connectivity index (χ3v) is 4.27. The van der Waals surface area contributed by atoms with Gasteiger partial charge in [-0.2, -0.15) is 0 Å². The molecule has 1 rings (SSSR count). The molecule has 0 saturated heterocycles. The van der Waals surface area contributed by atoms with Crippen molar-refractivity contribution >= 4 is 21.6 Å². The van der Waals surface area contributed by atoms with E-state index in [0.717, 1.165) is 6.42 Å². The summed E-state index contributed by atoms with van der Waals surface area (Å²) in [7, 11) is -3.07.